The number of fused-ring (bicyclic) bond motifs is 1. The SMILES string of the molecule is Cc1c(C)n(C(c2cccs2)C(C)C)c2ncnc(N)c12. The summed E-state index contributed by atoms with van der Waals surface area (Å²) in [6, 6.07) is 4.57. The van der Waals surface area contributed by atoms with Gasteiger partial charge in [0.1, 0.15) is 17.8 Å². The number of hydrogen-bond acceptors (Lipinski definition) is 4. The van der Waals surface area contributed by atoms with Crippen molar-refractivity contribution in [2.75, 3.05) is 5.73 Å². The van der Waals surface area contributed by atoms with Crippen LogP contribution in [0.3, 0.4) is 0 Å². The summed E-state index contributed by atoms with van der Waals surface area (Å²) in [4.78, 5) is 10.0. The molecule has 0 saturated heterocycles. The van der Waals surface area contributed by atoms with Crippen LogP contribution in [0.4, 0.5) is 5.82 Å². The first kappa shape index (κ1) is 14.1. The predicted molar refractivity (Wildman–Crippen MR) is 88.7 cm³/mol. The summed E-state index contributed by atoms with van der Waals surface area (Å²) in [5, 5.41) is 3.11. The number of nitrogens with zero attached hydrogens (tertiary/aromatic N) is 3. The maximum atomic E-state index is 6.07. The van der Waals surface area contributed by atoms with E-state index >= 15 is 0 Å². The van der Waals surface area contributed by atoms with Gasteiger partial charge in [0.15, 0.2) is 0 Å². The van der Waals surface area contributed by atoms with E-state index < -0.39 is 0 Å². The third kappa shape index (κ3) is 2.12. The van der Waals surface area contributed by atoms with Gasteiger partial charge in [-0.05, 0) is 36.8 Å². The van der Waals surface area contributed by atoms with Crippen LogP contribution in [-0.4, -0.2) is 14.5 Å². The summed E-state index contributed by atoms with van der Waals surface area (Å²) in [5.74, 6) is 1.03. The van der Waals surface area contributed by atoms with Gasteiger partial charge >= 0.3 is 0 Å². The number of rotatable bonds is 3. The van der Waals surface area contributed by atoms with Gasteiger partial charge in [-0.1, -0.05) is 19.9 Å². The highest BCUT2D eigenvalue weighted by molar-refractivity contribution is 7.10. The lowest BCUT2D eigenvalue weighted by atomic mass is 10.0. The van der Waals surface area contributed by atoms with Crippen molar-refractivity contribution in [3.63, 3.8) is 0 Å². The Morgan fingerprint density at radius 1 is 1.24 bits per heavy atom. The third-order valence-corrected chi connectivity index (χ3v) is 5.05. The molecule has 0 fully saturated rings. The summed E-state index contributed by atoms with van der Waals surface area (Å²) in [5.41, 5.74) is 9.39. The maximum absolute atomic E-state index is 6.07. The summed E-state index contributed by atoms with van der Waals surface area (Å²) >= 11 is 1.79. The lowest BCUT2D eigenvalue weighted by molar-refractivity contribution is 0.445. The van der Waals surface area contributed by atoms with Crippen LogP contribution in [0.2, 0.25) is 0 Å². The molecule has 1 unspecified atom stereocenters. The summed E-state index contributed by atoms with van der Waals surface area (Å²) in [7, 11) is 0. The van der Waals surface area contributed by atoms with E-state index in [1.165, 1.54) is 16.1 Å². The Morgan fingerprint density at radius 2 is 2.00 bits per heavy atom. The highest BCUT2D eigenvalue weighted by Crippen LogP contribution is 2.37. The molecule has 0 radical (unpaired) electrons. The molecule has 0 aliphatic rings. The molecule has 21 heavy (non-hydrogen) atoms. The van der Waals surface area contributed by atoms with E-state index in [1.54, 1.807) is 17.7 Å². The molecule has 3 heterocycles. The summed E-state index contributed by atoms with van der Waals surface area (Å²) < 4.78 is 2.32. The first-order chi connectivity index (χ1) is 10.0. The van der Waals surface area contributed by atoms with Gasteiger partial charge in [-0.3, -0.25) is 0 Å². The first-order valence-corrected chi connectivity index (χ1v) is 8.01. The zero-order chi connectivity index (χ0) is 15.1. The van der Waals surface area contributed by atoms with Crippen molar-refractivity contribution in [1.82, 2.24) is 14.5 Å². The van der Waals surface area contributed by atoms with Crippen molar-refractivity contribution >= 4 is 28.2 Å². The molecule has 0 saturated carbocycles. The Labute approximate surface area is 128 Å². The second-order valence-corrected chi connectivity index (χ2v) is 6.72. The molecule has 2 N–H and O–H groups in total. The predicted octanol–water partition coefficient (Wildman–Crippen LogP) is 3.94. The van der Waals surface area contributed by atoms with E-state index in [-0.39, 0.29) is 6.04 Å². The van der Waals surface area contributed by atoms with Crippen molar-refractivity contribution in [3.8, 4) is 0 Å². The molecule has 0 bridgehead atoms. The minimum absolute atomic E-state index is 0.274. The minimum Gasteiger partial charge on any atom is -0.383 e. The molecule has 3 aromatic heterocycles. The second kappa shape index (κ2) is 5.15. The molecule has 4 nitrogen and oxygen atoms in total. The van der Waals surface area contributed by atoms with Crippen LogP contribution in [0.1, 0.15) is 36.0 Å². The van der Waals surface area contributed by atoms with Gasteiger partial charge in [0.25, 0.3) is 0 Å². The molecule has 0 aliphatic carbocycles. The van der Waals surface area contributed by atoms with Crippen LogP contribution in [0.5, 0.6) is 0 Å². The van der Waals surface area contributed by atoms with Crippen molar-refractivity contribution in [1.29, 1.82) is 0 Å². The largest absolute Gasteiger partial charge is 0.383 e. The van der Waals surface area contributed by atoms with Gasteiger partial charge in [-0.2, -0.15) is 0 Å². The lowest BCUT2D eigenvalue weighted by Gasteiger charge is -2.24. The van der Waals surface area contributed by atoms with Crippen molar-refractivity contribution in [2.45, 2.75) is 33.7 Å². The number of aryl methyl sites for hydroxylation is 1. The van der Waals surface area contributed by atoms with Crippen molar-refractivity contribution in [3.05, 3.63) is 40.0 Å². The molecule has 0 amide bonds. The molecule has 3 rings (SSSR count). The van der Waals surface area contributed by atoms with Crippen LogP contribution < -0.4 is 5.73 Å². The van der Waals surface area contributed by atoms with E-state index in [0.29, 0.717) is 11.7 Å². The van der Waals surface area contributed by atoms with Crippen molar-refractivity contribution < 1.29 is 0 Å². The average molecular weight is 300 g/mol. The quantitative estimate of drug-likeness (QED) is 0.797. The number of nitrogen functional groups attached to an aromatic ring is 1. The van der Waals surface area contributed by atoms with Gasteiger partial charge in [-0.25, -0.2) is 9.97 Å². The molecule has 1 atom stereocenters. The summed E-state index contributed by atoms with van der Waals surface area (Å²) in [6.07, 6.45) is 1.55. The van der Waals surface area contributed by atoms with E-state index in [9.17, 15) is 0 Å². The number of thiophene rings is 1. The maximum Gasteiger partial charge on any atom is 0.146 e. The van der Waals surface area contributed by atoms with Gasteiger partial charge in [-0.15, -0.1) is 11.3 Å². The number of anilines is 1. The molecular formula is C16H20N4S. The van der Waals surface area contributed by atoms with E-state index in [0.717, 1.165) is 11.0 Å². The van der Waals surface area contributed by atoms with E-state index in [2.05, 4.69) is 59.7 Å². The van der Waals surface area contributed by atoms with Gasteiger partial charge in [0.05, 0.1) is 11.4 Å². The van der Waals surface area contributed by atoms with Gasteiger partial charge < -0.3 is 10.3 Å². The van der Waals surface area contributed by atoms with E-state index in [1.807, 2.05) is 0 Å². The Morgan fingerprint density at radius 3 is 2.62 bits per heavy atom. The zero-order valence-electron chi connectivity index (χ0n) is 12.8. The summed E-state index contributed by atoms with van der Waals surface area (Å²) in [6.45, 7) is 8.73. The fourth-order valence-electron chi connectivity index (χ4n) is 3.01. The Balaban J connectivity index is 2.33. The molecule has 5 heteroatoms. The normalized spacial score (nSPS) is 13.2. The second-order valence-electron chi connectivity index (χ2n) is 5.74. The fraction of sp³-hybridized carbons (Fsp3) is 0.375. The van der Waals surface area contributed by atoms with Gasteiger partial charge in [0, 0.05) is 10.6 Å². The highest BCUT2D eigenvalue weighted by Gasteiger charge is 2.25. The number of aromatic nitrogens is 3. The lowest BCUT2D eigenvalue weighted by Crippen LogP contribution is -2.17. The smallest absolute Gasteiger partial charge is 0.146 e. The number of nitrogens with two attached hydrogens (primary N) is 1. The third-order valence-electron chi connectivity index (χ3n) is 4.11. The van der Waals surface area contributed by atoms with Crippen LogP contribution in [-0.2, 0) is 0 Å². The monoisotopic (exact) mass is 300 g/mol. The van der Waals surface area contributed by atoms with Crippen LogP contribution in [0, 0.1) is 19.8 Å². The molecule has 0 aromatic carbocycles. The van der Waals surface area contributed by atoms with Crippen molar-refractivity contribution in [2.24, 2.45) is 5.92 Å². The Bertz CT molecular complexity index is 771. The van der Waals surface area contributed by atoms with E-state index in [4.69, 9.17) is 5.73 Å². The highest BCUT2D eigenvalue weighted by atomic mass is 32.1. The molecule has 0 aliphatic heterocycles. The Hall–Kier alpha value is -1.88. The average Bonchev–Trinajstić information content (AvgIpc) is 3.03. The number of hydrogen-bond donors (Lipinski definition) is 1. The first-order valence-electron chi connectivity index (χ1n) is 7.13. The molecule has 0 spiro atoms. The minimum atomic E-state index is 0.274. The van der Waals surface area contributed by atoms with Crippen LogP contribution >= 0.6 is 11.3 Å². The Kier molecular flexibility index (Phi) is 3.45. The van der Waals surface area contributed by atoms with Gasteiger partial charge in [0.2, 0.25) is 0 Å². The molecule has 3 aromatic rings. The fourth-order valence-corrected chi connectivity index (χ4v) is 3.99. The van der Waals surface area contributed by atoms with Crippen LogP contribution in [0.15, 0.2) is 23.8 Å². The standard InChI is InChI=1S/C16H20N4S/c1-9(2)14(12-6-5-7-21-12)20-11(4)10(3)13-15(17)18-8-19-16(13)20/h5-9,14H,1-4H3,(H2,17,18,19). The molecule has 110 valence electrons. The van der Waals surface area contributed by atoms with Crippen LogP contribution in [0.25, 0.3) is 11.0 Å². The topological polar surface area (TPSA) is 56.7 Å². The molecular weight excluding hydrogens is 280 g/mol. The zero-order valence-corrected chi connectivity index (χ0v) is 13.6.